The molecule has 0 saturated carbocycles. The zero-order chi connectivity index (χ0) is 36.4. The Morgan fingerprint density at radius 2 is 0.720 bits per heavy atom. The molecule has 0 aliphatic heterocycles. The van der Waals surface area contributed by atoms with Gasteiger partial charge in [-0.2, -0.15) is 0 Å². The van der Waals surface area contributed by atoms with Crippen LogP contribution in [0.3, 0.4) is 0 Å². The smallest absolute Gasteiger partial charge is 0.305 e. The van der Waals surface area contributed by atoms with Gasteiger partial charge in [0.1, 0.15) is 19.3 Å². The monoisotopic (exact) mass is 701 g/mol. The Labute approximate surface area is 309 Å². The van der Waals surface area contributed by atoms with Crippen LogP contribution in [0.2, 0.25) is 0 Å². The number of hydrogen-bond acceptors (Lipinski definition) is 5. The molecule has 0 spiro atoms. The van der Waals surface area contributed by atoms with Crippen LogP contribution in [0, 0.1) is 0 Å². The van der Waals surface area contributed by atoms with Crippen molar-refractivity contribution in [2.75, 3.05) is 13.2 Å². The normalized spacial score (nSPS) is 12.6. The highest BCUT2D eigenvalue weighted by molar-refractivity contribution is 5.69. The third-order valence-corrected chi connectivity index (χ3v) is 9.07. The Morgan fingerprint density at radius 1 is 0.420 bits per heavy atom. The van der Waals surface area contributed by atoms with E-state index in [1.807, 2.05) is 0 Å². The molecule has 0 unspecified atom stereocenters. The second-order valence-corrected chi connectivity index (χ2v) is 14.1. The van der Waals surface area contributed by atoms with Crippen LogP contribution in [0.1, 0.15) is 206 Å². The summed E-state index contributed by atoms with van der Waals surface area (Å²) in [5.41, 5.74) is 0. The van der Waals surface area contributed by atoms with Gasteiger partial charge in [0.05, 0.1) is 0 Å². The molecule has 1 N–H and O–H groups in total. The van der Waals surface area contributed by atoms with Crippen LogP contribution in [0.25, 0.3) is 0 Å². The molecule has 50 heavy (non-hydrogen) atoms. The fraction of sp³-hybridized carbons (Fsp3) is 0.778. The molecule has 290 valence electrons. The summed E-state index contributed by atoms with van der Waals surface area (Å²) >= 11 is 0. The van der Waals surface area contributed by atoms with Gasteiger partial charge in [0.25, 0.3) is 0 Å². The fourth-order valence-corrected chi connectivity index (χ4v) is 5.84. The zero-order valence-electron chi connectivity index (χ0n) is 32.9. The van der Waals surface area contributed by atoms with Crippen LogP contribution in [0.4, 0.5) is 0 Å². The van der Waals surface area contributed by atoms with Gasteiger partial charge in [-0.3, -0.25) is 9.59 Å². The number of hydrogen-bond donors (Lipinski definition) is 1. The molecule has 1 atom stereocenters. The second kappa shape index (κ2) is 41.3. The molecule has 5 nitrogen and oxygen atoms in total. The van der Waals surface area contributed by atoms with E-state index in [9.17, 15) is 14.7 Å². The Bertz CT molecular complexity index is 842. The lowest BCUT2D eigenvalue weighted by Gasteiger charge is -2.12. The minimum absolute atomic E-state index is 0.131. The van der Waals surface area contributed by atoms with Gasteiger partial charge in [-0.15, -0.1) is 0 Å². The molecular weight excluding hydrogens is 620 g/mol. The molecule has 0 amide bonds. The molecular formula is C45H80O5. The molecule has 0 aromatic heterocycles. The molecule has 0 bridgehead atoms. The van der Waals surface area contributed by atoms with Crippen molar-refractivity contribution in [3.8, 4) is 0 Å². The first kappa shape index (κ1) is 47.9. The van der Waals surface area contributed by atoms with E-state index in [2.05, 4.69) is 62.5 Å². The number of aliphatic hydroxyl groups is 1. The van der Waals surface area contributed by atoms with Crippen molar-refractivity contribution in [1.29, 1.82) is 0 Å². The van der Waals surface area contributed by atoms with E-state index in [0.717, 1.165) is 44.9 Å². The van der Waals surface area contributed by atoms with Gasteiger partial charge in [-0.25, -0.2) is 0 Å². The highest BCUT2D eigenvalue weighted by Gasteiger charge is 2.12. The first-order valence-corrected chi connectivity index (χ1v) is 21.2. The van der Waals surface area contributed by atoms with Crippen LogP contribution in [0.5, 0.6) is 0 Å². The van der Waals surface area contributed by atoms with E-state index in [1.54, 1.807) is 0 Å². The van der Waals surface area contributed by atoms with E-state index in [0.29, 0.717) is 19.3 Å². The number of ether oxygens (including phenoxy) is 2. The third kappa shape index (κ3) is 40.3. The topological polar surface area (TPSA) is 72.8 Å². The summed E-state index contributed by atoms with van der Waals surface area (Å²) < 4.78 is 10.3. The summed E-state index contributed by atoms with van der Waals surface area (Å²) in [4.78, 5) is 24.0. The van der Waals surface area contributed by atoms with E-state index in [1.165, 1.54) is 128 Å². The summed E-state index contributed by atoms with van der Waals surface area (Å²) in [6.07, 6.45) is 51.8. The summed E-state index contributed by atoms with van der Waals surface area (Å²) in [5.74, 6) is -0.623. The van der Waals surface area contributed by atoms with E-state index in [-0.39, 0.29) is 25.2 Å². The third-order valence-electron chi connectivity index (χ3n) is 9.07. The predicted molar refractivity (Wildman–Crippen MR) is 214 cm³/mol. The van der Waals surface area contributed by atoms with Crippen LogP contribution >= 0.6 is 0 Å². The van der Waals surface area contributed by atoms with E-state index in [4.69, 9.17) is 9.47 Å². The van der Waals surface area contributed by atoms with Gasteiger partial charge in [0, 0.05) is 12.8 Å². The second-order valence-electron chi connectivity index (χ2n) is 14.1. The van der Waals surface area contributed by atoms with Gasteiger partial charge >= 0.3 is 11.9 Å². The van der Waals surface area contributed by atoms with Gasteiger partial charge < -0.3 is 14.6 Å². The summed E-state index contributed by atoms with van der Waals surface area (Å²) in [5, 5.41) is 10.0. The van der Waals surface area contributed by atoms with Crippen LogP contribution in [-0.2, 0) is 19.1 Å². The molecule has 0 heterocycles. The first-order chi connectivity index (χ1) is 24.6. The molecule has 0 rings (SSSR count). The average Bonchev–Trinajstić information content (AvgIpc) is 3.12. The SMILES string of the molecule is CCCCC/C=C\C/C=C\C/C=C\C/C=C\CCCC(=O)OC[C@H](O)COC(=O)CCCCCCCCCCCCCCCCCCCCC. The van der Waals surface area contributed by atoms with Crippen molar-refractivity contribution in [2.24, 2.45) is 0 Å². The van der Waals surface area contributed by atoms with Gasteiger partial charge in [0.2, 0.25) is 0 Å². The van der Waals surface area contributed by atoms with E-state index >= 15 is 0 Å². The molecule has 0 aliphatic carbocycles. The lowest BCUT2D eigenvalue weighted by atomic mass is 10.0. The number of aliphatic hydroxyl groups excluding tert-OH is 1. The Hall–Kier alpha value is -2.14. The highest BCUT2D eigenvalue weighted by Crippen LogP contribution is 2.15. The number of esters is 2. The predicted octanol–water partition coefficient (Wildman–Crippen LogP) is 13.4. The maximum absolute atomic E-state index is 12.0. The minimum atomic E-state index is -0.985. The van der Waals surface area contributed by atoms with Crippen molar-refractivity contribution in [1.82, 2.24) is 0 Å². The molecule has 0 aromatic rings. The van der Waals surface area contributed by atoms with Crippen molar-refractivity contribution >= 4 is 11.9 Å². The minimum Gasteiger partial charge on any atom is -0.463 e. The van der Waals surface area contributed by atoms with Crippen molar-refractivity contribution < 1.29 is 24.2 Å². The van der Waals surface area contributed by atoms with Gasteiger partial charge in [-0.1, -0.05) is 191 Å². The fourth-order valence-electron chi connectivity index (χ4n) is 5.84. The number of allylic oxidation sites excluding steroid dienone is 8. The number of carbonyl (C=O) groups is 2. The molecule has 0 radical (unpaired) electrons. The maximum Gasteiger partial charge on any atom is 0.305 e. The number of unbranched alkanes of at least 4 members (excludes halogenated alkanes) is 22. The summed E-state index contributed by atoms with van der Waals surface area (Å²) in [6, 6.07) is 0. The molecule has 5 heteroatoms. The van der Waals surface area contributed by atoms with Crippen molar-refractivity contribution in [3.63, 3.8) is 0 Å². The van der Waals surface area contributed by atoms with Gasteiger partial charge in [-0.05, 0) is 51.4 Å². The largest absolute Gasteiger partial charge is 0.463 e. The Morgan fingerprint density at radius 3 is 1.12 bits per heavy atom. The lowest BCUT2D eigenvalue weighted by Crippen LogP contribution is -2.25. The number of rotatable bonds is 38. The molecule has 0 aliphatic rings. The van der Waals surface area contributed by atoms with Crippen molar-refractivity contribution in [2.45, 2.75) is 213 Å². The molecule has 0 saturated heterocycles. The summed E-state index contributed by atoms with van der Waals surface area (Å²) in [6.45, 7) is 4.24. The Kier molecular flexibility index (Phi) is 39.5. The van der Waals surface area contributed by atoms with Gasteiger partial charge in [0.15, 0.2) is 0 Å². The lowest BCUT2D eigenvalue weighted by molar-refractivity contribution is -0.152. The highest BCUT2D eigenvalue weighted by atomic mass is 16.6. The molecule has 0 fully saturated rings. The zero-order valence-corrected chi connectivity index (χ0v) is 32.9. The van der Waals surface area contributed by atoms with Crippen LogP contribution < -0.4 is 0 Å². The molecule has 0 aromatic carbocycles. The maximum atomic E-state index is 12.0. The standard InChI is InChI=1S/C45H80O5/c1-3-5-7-9-11-13-15-17-19-21-22-24-26-28-30-32-34-36-38-40-45(48)50-42-43(46)41-49-44(47)39-37-35-33-31-29-27-25-23-20-18-16-14-12-10-8-6-4-2/h12,14,18,20,25,27,31,33,43,46H,3-11,13,15-17,19,21-24,26,28-30,32,34-42H2,1-2H3/b14-12-,20-18-,27-25-,33-31-/t43-/m0/s1. The summed E-state index contributed by atoms with van der Waals surface area (Å²) in [7, 11) is 0. The first-order valence-electron chi connectivity index (χ1n) is 21.2. The van der Waals surface area contributed by atoms with Crippen LogP contribution in [0.15, 0.2) is 48.6 Å². The quantitative estimate of drug-likeness (QED) is 0.0394. The van der Waals surface area contributed by atoms with Crippen molar-refractivity contribution in [3.05, 3.63) is 48.6 Å². The van der Waals surface area contributed by atoms with Crippen LogP contribution in [-0.4, -0.2) is 36.4 Å². The average molecular weight is 701 g/mol. The number of carbonyl (C=O) groups excluding carboxylic acids is 2. The van der Waals surface area contributed by atoms with E-state index < -0.39 is 6.10 Å². The Balaban J connectivity index is 3.49.